The molecular weight excluding hydrogens is 358 g/mol. The number of hydrogen-bond donors (Lipinski definition) is 0. The Morgan fingerprint density at radius 1 is 1.11 bits per heavy atom. The lowest BCUT2D eigenvalue weighted by Crippen LogP contribution is -2.31. The summed E-state index contributed by atoms with van der Waals surface area (Å²) in [6.07, 6.45) is 4.41. The summed E-state index contributed by atoms with van der Waals surface area (Å²) in [7, 11) is 4.87. The minimum atomic E-state index is 0.608. The van der Waals surface area contributed by atoms with Crippen LogP contribution in [0.2, 0.25) is 0 Å². The van der Waals surface area contributed by atoms with Gasteiger partial charge in [0.05, 0.1) is 33.3 Å². The van der Waals surface area contributed by atoms with Gasteiger partial charge in [-0.15, -0.1) is 0 Å². The van der Waals surface area contributed by atoms with Crippen LogP contribution in [-0.4, -0.2) is 42.7 Å². The molecule has 3 aromatic rings. The van der Waals surface area contributed by atoms with Crippen molar-refractivity contribution in [2.24, 2.45) is 0 Å². The van der Waals surface area contributed by atoms with Crippen molar-refractivity contribution < 1.29 is 18.6 Å². The van der Waals surface area contributed by atoms with Gasteiger partial charge in [-0.05, 0) is 29.8 Å². The molecule has 0 N–H and O–H groups in total. The first-order valence-electron chi connectivity index (χ1n) is 9.11. The molecule has 7 heteroatoms. The fourth-order valence-corrected chi connectivity index (χ4v) is 3.52. The number of aromatic nitrogens is 2. The molecule has 0 spiro atoms. The van der Waals surface area contributed by atoms with Gasteiger partial charge in [0.25, 0.3) is 0 Å². The predicted molar refractivity (Wildman–Crippen MR) is 104 cm³/mol. The van der Waals surface area contributed by atoms with E-state index >= 15 is 0 Å². The number of rotatable bonds is 6. The summed E-state index contributed by atoms with van der Waals surface area (Å²) in [4.78, 5) is 11.5. The van der Waals surface area contributed by atoms with Crippen LogP contribution < -0.4 is 14.2 Å². The minimum Gasteiger partial charge on any atom is -0.493 e. The highest BCUT2D eigenvalue weighted by Crippen LogP contribution is 2.38. The molecule has 146 valence electrons. The number of benzene rings is 1. The van der Waals surface area contributed by atoms with Gasteiger partial charge < -0.3 is 18.6 Å². The van der Waals surface area contributed by atoms with Gasteiger partial charge in [-0.3, -0.25) is 4.90 Å². The Bertz CT molecular complexity index is 931. The molecule has 28 heavy (non-hydrogen) atoms. The molecule has 4 rings (SSSR count). The summed E-state index contributed by atoms with van der Waals surface area (Å²) in [5.74, 6) is 3.28. The molecule has 2 aromatic heterocycles. The summed E-state index contributed by atoms with van der Waals surface area (Å²) >= 11 is 0. The Balaban J connectivity index is 1.52. The number of fused-ring (bicyclic) bond motifs is 1. The maximum absolute atomic E-state index is 5.46. The van der Waals surface area contributed by atoms with Crippen molar-refractivity contribution in [1.82, 2.24) is 14.9 Å². The first-order valence-corrected chi connectivity index (χ1v) is 9.11. The molecule has 0 saturated heterocycles. The molecule has 0 unspecified atom stereocenters. The maximum atomic E-state index is 5.46. The number of furan rings is 1. The van der Waals surface area contributed by atoms with Crippen molar-refractivity contribution in [3.05, 3.63) is 53.5 Å². The summed E-state index contributed by atoms with van der Waals surface area (Å²) in [6, 6.07) is 7.71. The van der Waals surface area contributed by atoms with Crippen LogP contribution in [0.25, 0.3) is 11.6 Å². The molecule has 0 aliphatic carbocycles. The Morgan fingerprint density at radius 2 is 1.89 bits per heavy atom. The fourth-order valence-electron chi connectivity index (χ4n) is 3.52. The number of nitrogens with zero attached hydrogens (tertiary/aromatic N) is 3. The Labute approximate surface area is 163 Å². The first kappa shape index (κ1) is 18.3. The smallest absolute Gasteiger partial charge is 0.203 e. The summed E-state index contributed by atoms with van der Waals surface area (Å²) < 4.78 is 21.7. The molecule has 1 aliphatic rings. The quantitative estimate of drug-likeness (QED) is 0.649. The van der Waals surface area contributed by atoms with Crippen LogP contribution in [0.4, 0.5) is 0 Å². The van der Waals surface area contributed by atoms with Crippen LogP contribution in [-0.2, 0) is 19.5 Å². The van der Waals surface area contributed by atoms with Crippen molar-refractivity contribution in [3.8, 4) is 28.8 Å². The third kappa shape index (κ3) is 3.53. The lowest BCUT2D eigenvalue weighted by molar-refractivity contribution is 0.241. The summed E-state index contributed by atoms with van der Waals surface area (Å²) in [5.41, 5.74) is 3.34. The van der Waals surface area contributed by atoms with E-state index in [0.717, 1.165) is 42.9 Å². The van der Waals surface area contributed by atoms with Crippen molar-refractivity contribution in [1.29, 1.82) is 0 Å². The van der Waals surface area contributed by atoms with E-state index in [2.05, 4.69) is 14.9 Å². The molecule has 3 heterocycles. The van der Waals surface area contributed by atoms with Gasteiger partial charge in [0.2, 0.25) is 5.75 Å². The zero-order valence-electron chi connectivity index (χ0n) is 16.3. The van der Waals surface area contributed by atoms with Gasteiger partial charge in [-0.2, -0.15) is 0 Å². The molecule has 0 amide bonds. The molecular formula is C21H23N3O4. The SMILES string of the molecule is COc1cc(CN2CCc3nc(-c4ccco4)ncc3C2)cc(OC)c1OC. The van der Waals surface area contributed by atoms with Gasteiger partial charge in [0.15, 0.2) is 23.1 Å². The Kier molecular flexibility index (Phi) is 5.16. The van der Waals surface area contributed by atoms with Crippen LogP contribution in [0.1, 0.15) is 16.8 Å². The molecule has 1 aromatic carbocycles. The van der Waals surface area contributed by atoms with Gasteiger partial charge in [-0.25, -0.2) is 9.97 Å². The maximum Gasteiger partial charge on any atom is 0.203 e. The van der Waals surface area contributed by atoms with E-state index in [0.29, 0.717) is 28.8 Å². The number of hydrogen-bond acceptors (Lipinski definition) is 7. The van der Waals surface area contributed by atoms with Gasteiger partial charge in [-0.1, -0.05) is 0 Å². The molecule has 1 aliphatic heterocycles. The molecule has 0 radical (unpaired) electrons. The first-order chi connectivity index (χ1) is 13.7. The fraction of sp³-hybridized carbons (Fsp3) is 0.333. The second-order valence-corrected chi connectivity index (χ2v) is 6.64. The lowest BCUT2D eigenvalue weighted by atomic mass is 10.1. The van der Waals surface area contributed by atoms with E-state index in [1.807, 2.05) is 30.5 Å². The third-order valence-electron chi connectivity index (χ3n) is 4.89. The lowest BCUT2D eigenvalue weighted by Gasteiger charge is -2.28. The standard InChI is InChI=1S/C21H23N3O4/c1-25-18-9-14(10-19(26-2)20(18)27-3)12-24-7-6-16-15(13-24)11-22-21(23-16)17-5-4-8-28-17/h4-5,8-11H,6-7,12-13H2,1-3H3. The van der Waals surface area contributed by atoms with Crippen LogP contribution >= 0.6 is 0 Å². The predicted octanol–water partition coefficient (Wildman–Crippen LogP) is 3.32. The van der Waals surface area contributed by atoms with Crippen LogP contribution in [0.3, 0.4) is 0 Å². The van der Waals surface area contributed by atoms with Gasteiger partial charge in [0, 0.05) is 37.8 Å². The highest BCUT2D eigenvalue weighted by atomic mass is 16.5. The second kappa shape index (κ2) is 7.90. The molecule has 0 fully saturated rings. The zero-order chi connectivity index (χ0) is 19.5. The van der Waals surface area contributed by atoms with Crippen LogP contribution in [0, 0.1) is 0 Å². The molecule has 0 bridgehead atoms. The topological polar surface area (TPSA) is 69.9 Å². The van der Waals surface area contributed by atoms with E-state index < -0.39 is 0 Å². The molecule has 0 atom stereocenters. The van der Waals surface area contributed by atoms with Crippen molar-refractivity contribution in [2.75, 3.05) is 27.9 Å². The highest BCUT2D eigenvalue weighted by Gasteiger charge is 2.21. The van der Waals surface area contributed by atoms with E-state index in [9.17, 15) is 0 Å². The average molecular weight is 381 g/mol. The largest absolute Gasteiger partial charge is 0.493 e. The second-order valence-electron chi connectivity index (χ2n) is 6.64. The van der Waals surface area contributed by atoms with Crippen LogP contribution in [0.5, 0.6) is 17.2 Å². The van der Waals surface area contributed by atoms with E-state index in [-0.39, 0.29) is 0 Å². The summed E-state index contributed by atoms with van der Waals surface area (Å²) in [6.45, 7) is 2.48. The van der Waals surface area contributed by atoms with Crippen molar-refractivity contribution >= 4 is 0 Å². The average Bonchev–Trinajstić information content (AvgIpc) is 3.27. The monoisotopic (exact) mass is 381 g/mol. The number of methoxy groups -OCH3 is 3. The van der Waals surface area contributed by atoms with Crippen LogP contribution in [0.15, 0.2) is 41.1 Å². The third-order valence-corrected chi connectivity index (χ3v) is 4.89. The zero-order valence-corrected chi connectivity index (χ0v) is 16.3. The number of ether oxygens (including phenoxy) is 3. The normalized spacial score (nSPS) is 13.8. The molecule has 7 nitrogen and oxygen atoms in total. The Hall–Kier alpha value is -3.06. The summed E-state index contributed by atoms with van der Waals surface area (Å²) in [5, 5.41) is 0. The molecule has 0 saturated carbocycles. The Morgan fingerprint density at radius 3 is 2.54 bits per heavy atom. The van der Waals surface area contributed by atoms with E-state index in [1.54, 1.807) is 27.6 Å². The van der Waals surface area contributed by atoms with Crippen molar-refractivity contribution in [2.45, 2.75) is 19.5 Å². The van der Waals surface area contributed by atoms with Crippen molar-refractivity contribution in [3.63, 3.8) is 0 Å². The highest BCUT2D eigenvalue weighted by molar-refractivity contribution is 5.54. The van der Waals surface area contributed by atoms with Gasteiger partial charge in [0.1, 0.15) is 0 Å². The van der Waals surface area contributed by atoms with Gasteiger partial charge >= 0.3 is 0 Å². The van der Waals surface area contributed by atoms with E-state index in [4.69, 9.17) is 18.6 Å². The van der Waals surface area contributed by atoms with E-state index in [1.165, 1.54) is 0 Å². The minimum absolute atomic E-state index is 0.608.